The highest BCUT2D eigenvalue weighted by Crippen LogP contribution is 2.33. The van der Waals surface area contributed by atoms with E-state index in [1.54, 1.807) is 6.20 Å². The molecule has 1 aromatic heterocycles. The van der Waals surface area contributed by atoms with Crippen LogP contribution in [0.4, 0.5) is 0 Å². The van der Waals surface area contributed by atoms with Gasteiger partial charge in [0.05, 0.1) is 12.8 Å². The molecule has 2 unspecified atom stereocenters. The Bertz CT molecular complexity index is 401. The fraction of sp³-hybridized carbons (Fsp3) is 0.688. The first kappa shape index (κ1) is 16.9. The molecule has 0 aliphatic rings. The number of hydrogen-bond acceptors (Lipinski definition) is 4. The summed E-state index contributed by atoms with van der Waals surface area (Å²) in [4.78, 5) is 4.26. The van der Waals surface area contributed by atoms with Crippen LogP contribution < -0.4 is 16.0 Å². The zero-order chi connectivity index (χ0) is 15.2. The third-order valence-electron chi connectivity index (χ3n) is 3.88. The van der Waals surface area contributed by atoms with Gasteiger partial charge >= 0.3 is 0 Å². The molecule has 0 bridgehead atoms. The minimum absolute atomic E-state index is 0.0990. The summed E-state index contributed by atoms with van der Waals surface area (Å²) in [5, 5.41) is 0. The quantitative estimate of drug-likeness (QED) is 0.593. The fourth-order valence-electron chi connectivity index (χ4n) is 1.93. The van der Waals surface area contributed by atoms with Crippen LogP contribution in [0.25, 0.3) is 0 Å². The highest BCUT2D eigenvalue weighted by atomic mass is 16.5. The first-order valence-corrected chi connectivity index (χ1v) is 7.42. The molecule has 4 heteroatoms. The third kappa shape index (κ3) is 5.10. The van der Waals surface area contributed by atoms with E-state index in [1.807, 2.05) is 12.3 Å². The topological polar surface area (TPSA) is 60.2 Å². The average Bonchev–Trinajstić information content (AvgIpc) is 2.41. The molecule has 1 heterocycles. The molecule has 20 heavy (non-hydrogen) atoms. The average molecular weight is 279 g/mol. The van der Waals surface area contributed by atoms with Crippen molar-refractivity contribution >= 4 is 0 Å². The van der Waals surface area contributed by atoms with Gasteiger partial charge in [0.25, 0.3) is 0 Å². The number of ether oxygens (including phenoxy) is 1. The van der Waals surface area contributed by atoms with Gasteiger partial charge in [0, 0.05) is 12.2 Å². The molecule has 3 N–H and O–H groups in total. The molecule has 0 radical (unpaired) electrons. The molecule has 0 fully saturated rings. The van der Waals surface area contributed by atoms with Crippen molar-refractivity contribution in [3.05, 3.63) is 24.0 Å². The fourth-order valence-corrected chi connectivity index (χ4v) is 1.93. The Morgan fingerprint density at radius 1 is 1.35 bits per heavy atom. The van der Waals surface area contributed by atoms with E-state index in [-0.39, 0.29) is 11.5 Å². The van der Waals surface area contributed by atoms with E-state index in [1.165, 1.54) is 0 Å². The second-order valence-electron chi connectivity index (χ2n) is 6.52. The number of hydrazine groups is 1. The number of aromatic nitrogens is 1. The summed E-state index contributed by atoms with van der Waals surface area (Å²) in [6.07, 6.45) is 5.57. The Morgan fingerprint density at radius 2 is 2.05 bits per heavy atom. The largest absolute Gasteiger partial charge is 0.492 e. The molecular formula is C16H29N3O. The maximum absolute atomic E-state index is 5.73. The summed E-state index contributed by atoms with van der Waals surface area (Å²) < 4.78 is 5.63. The first-order valence-electron chi connectivity index (χ1n) is 7.42. The number of nitrogens with one attached hydrogen (secondary N) is 1. The van der Waals surface area contributed by atoms with E-state index in [4.69, 9.17) is 10.6 Å². The van der Waals surface area contributed by atoms with Crippen molar-refractivity contribution in [3.8, 4) is 5.75 Å². The number of pyridine rings is 1. The summed E-state index contributed by atoms with van der Waals surface area (Å²) in [6.45, 7) is 11.8. The normalized spacial score (nSPS) is 14.9. The van der Waals surface area contributed by atoms with Crippen LogP contribution in [-0.2, 0) is 0 Å². The van der Waals surface area contributed by atoms with Gasteiger partial charge in [0.1, 0.15) is 5.75 Å². The summed E-state index contributed by atoms with van der Waals surface area (Å²) in [7, 11) is 0. The van der Waals surface area contributed by atoms with Gasteiger partial charge in [0.15, 0.2) is 0 Å². The SMILES string of the molecule is CCCOc1cncc(C(CC(C)C(C)(C)C)NN)c1. The molecule has 0 aliphatic carbocycles. The third-order valence-corrected chi connectivity index (χ3v) is 3.88. The van der Waals surface area contributed by atoms with Crippen LogP contribution in [0.1, 0.15) is 59.1 Å². The van der Waals surface area contributed by atoms with E-state index in [9.17, 15) is 0 Å². The predicted molar refractivity (Wildman–Crippen MR) is 83.3 cm³/mol. The van der Waals surface area contributed by atoms with Crippen molar-refractivity contribution in [1.29, 1.82) is 0 Å². The maximum Gasteiger partial charge on any atom is 0.137 e. The molecule has 1 aromatic rings. The molecule has 0 aromatic carbocycles. The van der Waals surface area contributed by atoms with Crippen molar-refractivity contribution in [1.82, 2.24) is 10.4 Å². The highest BCUT2D eigenvalue weighted by molar-refractivity contribution is 5.26. The molecule has 114 valence electrons. The lowest BCUT2D eigenvalue weighted by molar-refractivity contribution is 0.223. The van der Waals surface area contributed by atoms with Gasteiger partial charge in [-0.15, -0.1) is 0 Å². The van der Waals surface area contributed by atoms with Crippen molar-refractivity contribution in [3.63, 3.8) is 0 Å². The summed E-state index contributed by atoms with van der Waals surface area (Å²) in [5.41, 5.74) is 4.25. The Hall–Kier alpha value is -1.13. The van der Waals surface area contributed by atoms with E-state index in [0.29, 0.717) is 12.5 Å². The molecule has 0 spiro atoms. The van der Waals surface area contributed by atoms with E-state index >= 15 is 0 Å². The zero-order valence-corrected chi connectivity index (χ0v) is 13.4. The lowest BCUT2D eigenvalue weighted by Crippen LogP contribution is -2.32. The van der Waals surface area contributed by atoms with Crippen LogP contribution in [0.5, 0.6) is 5.75 Å². The molecule has 1 rings (SSSR count). The number of rotatable bonds is 7. The summed E-state index contributed by atoms with van der Waals surface area (Å²) >= 11 is 0. The highest BCUT2D eigenvalue weighted by Gasteiger charge is 2.24. The van der Waals surface area contributed by atoms with Crippen LogP contribution >= 0.6 is 0 Å². The summed E-state index contributed by atoms with van der Waals surface area (Å²) in [6, 6.07) is 2.13. The summed E-state index contributed by atoms with van der Waals surface area (Å²) in [5.74, 6) is 7.09. The van der Waals surface area contributed by atoms with Gasteiger partial charge in [-0.1, -0.05) is 34.6 Å². The predicted octanol–water partition coefficient (Wildman–Crippen LogP) is 3.45. The van der Waals surface area contributed by atoms with Gasteiger partial charge in [-0.2, -0.15) is 0 Å². The van der Waals surface area contributed by atoms with E-state index in [0.717, 1.165) is 24.2 Å². The molecular weight excluding hydrogens is 250 g/mol. The standard InChI is InChI=1S/C16H29N3O/c1-6-7-20-14-9-13(10-18-11-14)15(19-17)8-12(2)16(3,4)5/h9-12,15,19H,6-8,17H2,1-5H3. The number of hydrogen-bond donors (Lipinski definition) is 2. The van der Waals surface area contributed by atoms with Crippen LogP contribution in [-0.4, -0.2) is 11.6 Å². The van der Waals surface area contributed by atoms with Gasteiger partial charge in [-0.25, -0.2) is 0 Å². The van der Waals surface area contributed by atoms with Gasteiger partial charge in [0.2, 0.25) is 0 Å². The minimum Gasteiger partial charge on any atom is -0.492 e. The van der Waals surface area contributed by atoms with Crippen molar-refractivity contribution in [2.45, 2.75) is 53.5 Å². The molecule has 0 saturated carbocycles. The molecule has 2 atom stereocenters. The van der Waals surface area contributed by atoms with Gasteiger partial charge < -0.3 is 4.74 Å². The Balaban J connectivity index is 2.79. The molecule has 0 saturated heterocycles. The zero-order valence-electron chi connectivity index (χ0n) is 13.4. The lowest BCUT2D eigenvalue weighted by Gasteiger charge is -2.30. The van der Waals surface area contributed by atoms with Crippen LogP contribution in [0.2, 0.25) is 0 Å². The smallest absolute Gasteiger partial charge is 0.137 e. The van der Waals surface area contributed by atoms with E-state index in [2.05, 4.69) is 45.0 Å². The molecule has 0 amide bonds. The maximum atomic E-state index is 5.73. The first-order chi connectivity index (χ1) is 9.38. The minimum atomic E-state index is 0.0990. The molecule has 0 aliphatic heterocycles. The van der Waals surface area contributed by atoms with Gasteiger partial charge in [-0.05, 0) is 35.8 Å². The number of nitrogens with zero attached hydrogens (tertiary/aromatic N) is 1. The van der Waals surface area contributed by atoms with Gasteiger partial charge in [-0.3, -0.25) is 16.3 Å². The van der Waals surface area contributed by atoms with Crippen LogP contribution in [0, 0.1) is 11.3 Å². The Kier molecular flexibility index (Phi) is 6.43. The Morgan fingerprint density at radius 3 is 2.60 bits per heavy atom. The molecule has 4 nitrogen and oxygen atoms in total. The van der Waals surface area contributed by atoms with Crippen LogP contribution in [0.3, 0.4) is 0 Å². The Labute approximate surface area is 123 Å². The van der Waals surface area contributed by atoms with Crippen molar-refractivity contribution in [2.75, 3.05) is 6.61 Å². The lowest BCUT2D eigenvalue weighted by atomic mass is 9.78. The van der Waals surface area contributed by atoms with E-state index < -0.39 is 0 Å². The van der Waals surface area contributed by atoms with Crippen molar-refractivity contribution in [2.24, 2.45) is 17.2 Å². The second kappa shape index (κ2) is 7.60. The monoisotopic (exact) mass is 279 g/mol. The number of nitrogens with two attached hydrogens (primary N) is 1. The van der Waals surface area contributed by atoms with Crippen LogP contribution in [0.15, 0.2) is 18.5 Å². The second-order valence-corrected chi connectivity index (χ2v) is 6.52. The van der Waals surface area contributed by atoms with Crippen molar-refractivity contribution < 1.29 is 4.74 Å².